The smallest absolute Gasteiger partial charge is 0.407 e. The number of nitrogens with zero attached hydrogens (tertiary/aromatic N) is 3. The molecule has 1 saturated carbocycles. The van der Waals surface area contributed by atoms with Gasteiger partial charge in [0.05, 0.1) is 6.61 Å². The van der Waals surface area contributed by atoms with Crippen molar-refractivity contribution in [3.63, 3.8) is 0 Å². The first-order chi connectivity index (χ1) is 20.1. The van der Waals surface area contributed by atoms with E-state index in [1.165, 1.54) is 10.5 Å². The molecule has 42 heavy (non-hydrogen) atoms. The molecular weight excluding hydrogens is 534 g/mol. The van der Waals surface area contributed by atoms with E-state index in [2.05, 4.69) is 46.7 Å². The van der Waals surface area contributed by atoms with Crippen LogP contribution in [0.25, 0.3) is 0 Å². The van der Waals surface area contributed by atoms with E-state index in [0.717, 1.165) is 54.7 Å². The number of hydrogen-bond acceptors (Lipinski definition) is 6. The number of ether oxygens (including phenoxy) is 1. The molecule has 1 atom stereocenters. The Morgan fingerprint density at radius 2 is 1.83 bits per heavy atom. The third-order valence-corrected chi connectivity index (χ3v) is 8.60. The molecule has 3 N–H and O–H groups in total. The molecule has 1 aliphatic heterocycles. The van der Waals surface area contributed by atoms with Gasteiger partial charge in [-0.15, -0.1) is 0 Å². The first-order valence-electron chi connectivity index (χ1n) is 14.9. The van der Waals surface area contributed by atoms with Crippen molar-refractivity contribution in [3.05, 3.63) is 59.2 Å². The number of alkyl carbamates (subject to hydrolysis) is 1. The molecule has 10 heteroatoms. The van der Waals surface area contributed by atoms with Gasteiger partial charge in [0, 0.05) is 76.1 Å². The molecule has 2 fully saturated rings. The second-order valence-corrected chi connectivity index (χ2v) is 11.6. The zero-order valence-corrected chi connectivity index (χ0v) is 25.3. The number of hydrogen-bond donors (Lipinski definition) is 3. The first-order valence-corrected chi connectivity index (χ1v) is 14.9. The van der Waals surface area contributed by atoms with Crippen LogP contribution >= 0.6 is 0 Å². The molecule has 4 rings (SSSR count). The molecule has 0 aromatic heterocycles. The fourth-order valence-electron chi connectivity index (χ4n) is 6.04. The van der Waals surface area contributed by atoms with E-state index in [1.54, 1.807) is 11.9 Å². The Labute approximate surface area is 249 Å². The zero-order chi connectivity index (χ0) is 30.2. The fourth-order valence-corrected chi connectivity index (χ4v) is 6.04. The van der Waals surface area contributed by atoms with Crippen molar-refractivity contribution in [2.45, 2.75) is 64.6 Å². The summed E-state index contributed by atoms with van der Waals surface area (Å²) < 4.78 is 5.10. The maximum absolute atomic E-state index is 13.4. The Morgan fingerprint density at radius 1 is 1.07 bits per heavy atom. The number of carboxylic acid groups (broad SMARTS) is 1. The number of carbonyl (C=O) groups is 3. The van der Waals surface area contributed by atoms with Crippen LogP contribution in [-0.2, 0) is 22.5 Å². The Hall–Kier alpha value is -3.79. The maximum atomic E-state index is 13.4. The fraction of sp³-hybridized carbons (Fsp3) is 0.531. The summed E-state index contributed by atoms with van der Waals surface area (Å²) in [6, 6.07) is 14.7. The minimum atomic E-state index is -0.854. The Kier molecular flexibility index (Phi) is 10.7. The van der Waals surface area contributed by atoms with Crippen LogP contribution in [-0.4, -0.2) is 85.4 Å². The number of nitrogens with one attached hydrogen (secondary N) is 2. The lowest BCUT2D eigenvalue weighted by Gasteiger charge is -2.38. The summed E-state index contributed by atoms with van der Waals surface area (Å²) in [4.78, 5) is 41.7. The van der Waals surface area contributed by atoms with Crippen molar-refractivity contribution in [2.24, 2.45) is 5.92 Å². The average Bonchev–Trinajstić information content (AvgIpc) is 2.98. The van der Waals surface area contributed by atoms with Gasteiger partial charge in [0.1, 0.15) is 0 Å². The minimum Gasteiger partial charge on any atom is -0.465 e. The number of amides is 3. The van der Waals surface area contributed by atoms with Gasteiger partial charge in [-0.05, 0) is 80.5 Å². The average molecular weight is 580 g/mol. The molecule has 10 nitrogen and oxygen atoms in total. The largest absolute Gasteiger partial charge is 0.465 e. The van der Waals surface area contributed by atoms with Crippen molar-refractivity contribution < 1.29 is 24.2 Å². The van der Waals surface area contributed by atoms with Crippen LogP contribution in [0, 0.1) is 12.8 Å². The minimum absolute atomic E-state index is 0.00764. The number of carbonyl (C=O) groups excluding carboxylic acids is 2. The second kappa shape index (κ2) is 14.4. The van der Waals surface area contributed by atoms with Crippen molar-refractivity contribution in [1.82, 2.24) is 15.1 Å². The summed E-state index contributed by atoms with van der Waals surface area (Å²) in [6.45, 7) is 7.08. The topological polar surface area (TPSA) is 114 Å². The highest BCUT2D eigenvalue weighted by atomic mass is 16.5. The molecule has 2 aromatic carbocycles. The van der Waals surface area contributed by atoms with Crippen LogP contribution in [0.3, 0.4) is 0 Å². The molecule has 2 aliphatic rings. The van der Waals surface area contributed by atoms with E-state index in [1.807, 2.05) is 32.2 Å². The van der Waals surface area contributed by atoms with Gasteiger partial charge in [0.2, 0.25) is 5.91 Å². The maximum Gasteiger partial charge on any atom is 0.407 e. The molecule has 228 valence electrons. The van der Waals surface area contributed by atoms with E-state index in [4.69, 9.17) is 4.74 Å². The number of piperazine rings is 1. The molecule has 1 saturated heterocycles. The summed E-state index contributed by atoms with van der Waals surface area (Å²) >= 11 is 0. The monoisotopic (exact) mass is 579 g/mol. The van der Waals surface area contributed by atoms with Gasteiger partial charge in [0.15, 0.2) is 0 Å². The summed E-state index contributed by atoms with van der Waals surface area (Å²) in [5, 5.41) is 15.4. The summed E-state index contributed by atoms with van der Waals surface area (Å²) in [7, 11) is 3.41. The lowest BCUT2D eigenvalue weighted by molar-refractivity contribution is -0.123. The second-order valence-electron chi connectivity index (χ2n) is 11.6. The van der Waals surface area contributed by atoms with Crippen molar-refractivity contribution in [2.75, 3.05) is 50.6 Å². The molecule has 1 heterocycles. The zero-order valence-electron chi connectivity index (χ0n) is 25.3. The van der Waals surface area contributed by atoms with Crippen LogP contribution in [0.1, 0.15) is 49.3 Å². The predicted octanol–water partition coefficient (Wildman–Crippen LogP) is 4.71. The molecule has 2 aromatic rings. The lowest BCUT2D eigenvalue weighted by Crippen LogP contribution is -2.53. The van der Waals surface area contributed by atoms with E-state index >= 15 is 0 Å². The normalized spacial score (nSPS) is 21.0. The number of benzene rings is 2. The third-order valence-electron chi connectivity index (χ3n) is 8.60. The van der Waals surface area contributed by atoms with Crippen LogP contribution in [0.2, 0.25) is 0 Å². The van der Waals surface area contributed by atoms with Crippen LogP contribution < -0.4 is 15.5 Å². The van der Waals surface area contributed by atoms with E-state index in [0.29, 0.717) is 38.7 Å². The van der Waals surface area contributed by atoms with Gasteiger partial charge in [0.25, 0.3) is 0 Å². The van der Waals surface area contributed by atoms with Crippen molar-refractivity contribution in [1.29, 1.82) is 0 Å². The van der Waals surface area contributed by atoms with Crippen LogP contribution in [0.15, 0.2) is 42.5 Å². The van der Waals surface area contributed by atoms with Gasteiger partial charge in [-0.25, -0.2) is 9.59 Å². The third kappa shape index (κ3) is 8.15. The number of rotatable bonds is 9. The van der Waals surface area contributed by atoms with Gasteiger partial charge >= 0.3 is 12.2 Å². The predicted molar refractivity (Wildman–Crippen MR) is 164 cm³/mol. The van der Waals surface area contributed by atoms with E-state index < -0.39 is 12.2 Å². The van der Waals surface area contributed by atoms with Gasteiger partial charge in [-0.3, -0.25) is 9.69 Å². The van der Waals surface area contributed by atoms with Crippen LogP contribution in [0.5, 0.6) is 0 Å². The van der Waals surface area contributed by atoms with E-state index in [-0.39, 0.29) is 17.9 Å². The molecule has 0 spiro atoms. The standard InChI is InChI=1S/C32H45N5O5/c1-22-18-29(13-10-26(22)21-36-15-16-37(32(40)41)23(2)20-36)35(4)30(38)25-8-11-27(12-9-25)34-28-7-5-6-24(19-28)14-17-42-31(39)33-3/h5-7,10,13,18-19,23,25,27,34H,8-9,11-12,14-17,20-21H2,1-4H3,(H,33,39)(H,40,41)/t23-,25?,27?/m0/s1. The highest BCUT2D eigenvalue weighted by Crippen LogP contribution is 2.30. The lowest BCUT2D eigenvalue weighted by atomic mass is 9.85. The van der Waals surface area contributed by atoms with E-state index in [9.17, 15) is 19.5 Å². The Morgan fingerprint density at radius 3 is 2.50 bits per heavy atom. The molecule has 3 amide bonds. The highest BCUT2D eigenvalue weighted by molar-refractivity contribution is 5.94. The van der Waals surface area contributed by atoms with Gasteiger partial charge < -0.3 is 30.3 Å². The van der Waals surface area contributed by atoms with Crippen molar-refractivity contribution in [3.8, 4) is 0 Å². The summed E-state index contributed by atoms with van der Waals surface area (Å²) in [6.07, 6.45) is 2.93. The first kappa shape index (κ1) is 31.2. The van der Waals surface area contributed by atoms with Crippen LogP contribution in [0.4, 0.5) is 21.0 Å². The molecule has 0 radical (unpaired) electrons. The van der Waals surface area contributed by atoms with Crippen molar-refractivity contribution >= 4 is 29.5 Å². The SMILES string of the molecule is CNC(=O)OCCc1cccc(NC2CCC(C(=O)N(C)c3ccc(CN4CCN(C(=O)O)[C@@H](C)C4)c(C)c3)CC2)c1. The van der Waals surface area contributed by atoms with Gasteiger partial charge in [-0.1, -0.05) is 18.2 Å². The highest BCUT2D eigenvalue weighted by Gasteiger charge is 2.30. The number of anilines is 2. The number of aryl methyl sites for hydroxylation is 1. The Bertz CT molecular complexity index is 1250. The molecule has 1 aliphatic carbocycles. The molecule has 0 unspecified atom stereocenters. The Balaban J connectivity index is 1.25. The summed E-state index contributed by atoms with van der Waals surface area (Å²) in [5.74, 6) is 0.172. The summed E-state index contributed by atoms with van der Waals surface area (Å²) in [5.41, 5.74) is 5.39. The molecular formula is C32H45N5O5. The quantitative estimate of drug-likeness (QED) is 0.394. The molecule has 0 bridgehead atoms. The van der Waals surface area contributed by atoms with Gasteiger partial charge in [-0.2, -0.15) is 0 Å².